The summed E-state index contributed by atoms with van der Waals surface area (Å²) < 4.78 is 20.4. The minimum absolute atomic E-state index is 0.00323. The van der Waals surface area contributed by atoms with Crippen LogP contribution in [-0.4, -0.2) is 37.9 Å². The first-order chi connectivity index (χ1) is 20.3. The van der Waals surface area contributed by atoms with Gasteiger partial charge in [0, 0.05) is 43.6 Å². The van der Waals surface area contributed by atoms with Gasteiger partial charge in [-0.25, -0.2) is 4.39 Å². The van der Waals surface area contributed by atoms with Crippen LogP contribution in [0.4, 0.5) is 10.1 Å². The summed E-state index contributed by atoms with van der Waals surface area (Å²) >= 11 is 5.99. The smallest absolute Gasteiger partial charge is 0.269 e. The first kappa shape index (κ1) is 34.3. The second-order valence-corrected chi connectivity index (χ2v) is 10.0. The molecule has 2 N–H and O–H groups in total. The molecule has 2 atom stereocenters. The van der Waals surface area contributed by atoms with E-state index in [9.17, 15) is 14.0 Å². The summed E-state index contributed by atoms with van der Waals surface area (Å²) in [6.45, 7) is 10.2. The van der Waals surface area contributed by atoms with E-state index < -0.39 is 11.9 Å². The van der Waals surface area contributed by atoms with Gasteiger partial charge in [-0.15, -0.1) is 0 Å². The Morgan fingerprint density at radius 3 is 2.52 bits per heavy atom. The summed E-state index contributed by atoms with van der Waals surface area (Å²) in [5.74, 6) is -0.835. The first-order valence-corrected chi connectivity index (χ1v) is 14.2. The monoisotopic (exact) mass is 593 g/mol. The van der Waals surface area contributed by atoms with Gasteiger partial charge in [0.1, 0.15) is 5.82 Å². The quantitative estimate of drug-likeness (QED) is 0.105. The molecule has 2 aromatic rings. The molecule has 0 aliphatic rings. The molecule has 0 spiro atoms. The summed E-state index contributed by atoms with van der Waals surface area (Å²) in [7, 11) is 3.18. The molecule has 0 aliphatic heterocycles. The van der Waals surface area contributed by atoms with Gasteiger partial charge in [0.2, 0.25) is 6.41 Å². The Balaban J connectivity index is 2.06. The van der Waals surface area contributed by atoms with E-state index in [0.29, 0.717) is 37.2 Å². The van der Waals surface area contributed by atoms with Crippen molar-refractivity contribution in [3.8, 4) is 0 Å². The maximum absolute atomic E-state index is 14.9. The fourth-order valence-electron chi connectivity index (χ4n) is 4.59. The zero-order valence-corrected chi connectivity index (χ0v) is 25.4. The molecular weight excluding hydrogens is 553 g/mol. The highest BCUT2D eigenvalue weighted by Gasteiger charge is 2.23. The van der Waals surface area contributed by atoms with Gasteiger partial charge in [-0.3, -0.25) is 9.59 Å². The lowest BCUT2D eigenvalue weighted by atomic mass is 9.91. The Bertz CT molecular complexity index is 1290. The number of likely N-dealkylation sites (N-methyl/N-ethyl adjacent to an activating group) is 1. The molecule has 0 fully saturated rings. The topological polar surface area (TPSA) is 70.7 Å². The Morgan fingerprint density at radius 2 is 1.88 bits per heavy atom. The summed E-state index contributed by atoms with van der Waals surface area (Å²) in [6.07, 6.45) is 13.7. The second-order valence-electron chi connectivity index (χ2n) is 9.62. The molecule has 2 rings (SSSR count). The fourth-order valence-corrected chi connectivity index (χ4v) is 4.75. The van der Waals surface area contributed by atoms with E-state index >= 15 is 0 Å². The molecule has 0 heterocycles. The number of rotatable bonds is 18. The van der Waals surface area contributed by atoms with E-state index in [1.165, 1.54) is 19.2 Å². The Kier molecular flexibility index (Phi) is 15.1. The number of ether oxygens (including phenoxy) is 1. The Morgan fingerprint density at radius 1 is 1.14 bits per heavy atom. The van der Waals surface area contributed by atoms with Crippen LogP contribution in [0.3, 0.4) is 0 Å². The van der Waals surface area contributed by atoms with Crippen LogP contribution in [-0.2, 0) is 14.3 Å². The van der Waals surface area contributed by atoms with Gasteiger partial charge in [0.15, 0.2) is 0 Å². The van der Waals surface area contributed by atoms with Crippen molar-refractivity contribution in [2.24, 2.45) is 0 Å². The van der Waals surface area contributed by atoms with E-state index in [-0.39, 0.29) is 22.4 Å². The summed E-state index contributed by atoms with van der Waals surface area (Å²) in [6, 6.07) is 13.0. The molecule has 0 aliphatic carbocycles. The van der Waals surface area contributed by atoms with Crippen LogP contribution in [0, 0.1) is 5.82 Å². The molecule has 2 aromatic carbocycles. The van der Waals surface area contributed by atoms with Crippen molar-refractivity contribution in [1.29, 1.82) is 0 Å². The van der Waals surface area contributed by atoms with Crippen LogP contribution < -0.4 is 10.6 Å². The van der Waals surface area contributed by atoms with Crippen LogP contribution in [0.2, 0.25) is 5.02 Å². The highest BCUT2D eigenvalue weighted by atomic mass is 35.5. The number of halogens is 2. The molecule has 0 saturated heterocycles. The molecule has 6 nitrogen and oxygen atoms in total. The van der Waals surface area contributed by atoms with Gasteiger partial charge in [0.05, 0.1) is 16.8 Å². The molecular formula is C34H41ClFN3O3. The predicted octanol–water partition coefficient (Wildman–Crippen LogP) is 7.84. The zero-order valence-electron chi connectivity index (χ0n) is 24.6. The molecule has 2 amide bonds. The highest BCUT2D eigenvalue weighted by molar-refractivity contribution is 6.30. The third-order valence-corrected chi connectivity index (χ3v) is 7.11. The normalized spacial score (nSPS) is 13.1. The molecule has 0 bridgehead atoms. The van der Waals surface area contributed by atoms with Gasteiger partial charge in [0.25, 0.3) is 5.91 Å². The van der Waals surface area contributed by atoms with E-state index in [1.54, 1.807) is 31.0 Å². The number of carbonyl (C=O) groups is 2. The van der Waals surface area contributed by atoms with Gasteiger partial charge in [-0.2, -0.15) is 0 Å². The molecule has 2 unspecified atom stereocenters. The van der Waals surface area contributed by atoms with Crippen molar-refractivity contribution in [3.63, 3.8) is 0 Å². The van der Waals surface area contributed by atoms with E-state index in [4.69, 9.17) is 16.3 Å². The number of benzene rings is 2. The average molecular weight is 594 g/mol. The lowest BCUT2D eigenvalue weighted by Crippen LogP contribution is -2.35. The Labute approximate surface area is 254 Å². The predicted molar refractivity (Wildman–Crippen MR) is 171 cm³/mol. The minimum Gasteiger partial charge on any atom is -0.377 e. The van der Waals surface area contributed by atoms with Crippen molar-refractivity contribution in [1.82, 2.24) is 10.2 Å². The summed E-state index contributed by atoms with van der Waals surface area (Å²) in [5.41, 5.74) is 2.74. The number of hydrogen-bond donors (Lipinski definition) is 2. The summed E-state index contributed by atoms with van der Waals surface area (Å²) in [5, 5.41) is 5.72. The lowest BCUT2D eigenvalue weighted by molar-refractivity contribution is -0.126. The number of nitrogens with zero attached hydrogens (tertiary/aromatic N) is 1. The molecule has 0 saturated carbocycles. The SMILES string of the molecule is C=C/C=C\C=C/CCC(C(=C)N/C(=C\C)C(=O)N(C)CCCC(OC)c1c(NC=O)ccc(Cl)c1F)c1ccccc1. The van der Waals surface area contributed by atoms with E-state index in [2.05, 4.69) is 42.0 Å². The minimum atomic E-state index is -0.665. The van der Waals surface area contributed by atoms with Crippen LogP contribution in [0.1, 0.15) is 55.8 Å². The van der Waals surface area contributed by atoms with Crippen molar-refractivity contribution in [2.75, 3.05) is 26.0 Å². The van der Waals surface area contributed by atoms with Gasteiger partial charge < -0.3 is 20.3 Å². The number of nitrogens with one attached hydrogen (secondary N) is 2. The molecule has 42 heavy (non-hydrogen) atoms. The van der Waals surface area contributed by atoms with Crippen molar-refractivity contribution < 1.29 is 18.7 Å². The van der Waals surface area contributed by atoms with E-state index in [1.807, 2.05) is 36.4 Å². The van der Waals surface area contributed by atoms with Crippen molar-refractivity contribution >= 4 is 29.6 Å². The molecule has 8 heteroatoms. The number of allylic oxidation sites excluding steroid dienone is 7. The third kappa shape index (κ3) is 10.2. The highest BCUT2D eigenvalue weighted by Crippen LogP contribution is 2.35. The van der Waals surface area contributed by atoms with E-state index in [0.717, 1.165) is 24.1 Å². The molecule has 0 aromatic heterocycles. The number of carbonyl (C=O) groups excluding carboxylic acids is 2. The second kappa shape index (κ2) is 18.5. The van der Waals surface area contributed by atoms with Gasteiger partial charge >= 0.3 is 0 Å². The van der Waals surface area contributed by atoms with Crippen LogP contribution in [0.25, 0.3) is 0 Å². The first-order valence-electron chi connectivity index (χ1n) is 13.9. The molecule has 0 radical (unpaired) electrons. The number of anilines is 1. The van der Waals surface area contributed by atoms with Gasteiger partial charge in [-0.05, 0) is 50.3 Å². The zero-order chi connectivity index (χ0) is 30.9. The van der Waals surface area contributed by atoms with Crippen molar-refractivity contribution in [2.45, 2.75) is 44.6 Å². The van der Waals surface area contributed by atoms with Gasteiger partial charge in [-0.1, -0.05) is 91.5 Å². The van der Waals surface area contributed by atoms with Crippen LogP contribution in [0.15, 0.2) is 103 Å². The third-order valence-electron chi connectivity index (χ3n) is 6.81. The van der Waals surface area contributed by atoms with Crippen molar-refractivity contribution in [3.05, 3.63) is 125 Å². The maximum atomic E-state index is 14.9. The van der Waals surface area contributed by atoms with Crippen LogP contribution >= 0.6 is 11.6 Å². The number of hydrogen-bond acceptors (Lipinski definition) is 4. The number of methoxy groups -OCH3 is 1. The largest absolute Gasteiger partial charge is 0.377 e. The molecule has 224 valence electrons. The standard InChI is InChI=1S/C34H41ClFN3O3/c1-6-8-9-10-11-15-19-27(26-17-13-12-14-18-26)25(3)38-29(7-2)34(41)39(4)23-16-20-31(42-5)32-30(37-24-40)22-21-28(35)33(32)36/h6-14,17-18,21-22,24,27,31,38H,1,3,15-16,19-20,23H2,2,4-5H3,(H,37,40)/b9-8-,11-10-,29-7-. The number of amides is 2. The lowest BCUT2D eigenvalue weighted by Gasteiger charge is -2.25. The Hall–Kier alpha value is -3.94. The summed E-state index contributed by atoms with van der Waals surface area (Å²) in [4.78, 5) is 26.0. The van der Waals surface area contributed by atoms with Crippen LogP contribution in [0.5, 0.6) is 0 Å². The fraction of sp³-hybridized carbons (Fsp3) is 0.294. The maximum Gasteiger partial charge on any atom is 0.269 e. The average Bonchev–Trinajstić information content (AvgIpc) is 3.00.